The molecule has 4 rings (SSSR count). The van der Waals surface area contributed by atoms with Crippen LogP contribution in [0.25, 0.3) is 27.5 Å². The number of aromatic nitrogens is 3. The van der Waals surface area contributed by atoms with Crippen LogP contribution >= 0.6 is 11.6 Å². The number of amides is 1. The standard InChI is InChI=1S/C23H23ClN4O4/c1-27-17-8-5-4-7-15(17)19-20(22(29)25-11-6-12-31-2)26-28(23(30)21(19)27)14-9-10-18(32-3)16(24)13-14/h4-5,7-10,13H,6,11-12H2,1-3H3,(H,25,29). The molecule has 0 unspecified atom stereocenters. The van der Waals surface area contributed by atoms with E-state index in [0.717, 1.165) is 10.9 Å². The van der Waals surface area contributed by atoms with E-state index < -0.39 is 0 Å². The molecule has 0 spiro atoms. The maximum absolute atomic E-state index is 13.5. The van der Waals surface area contributed by atoms with Gasteiger partial charge in [-0.05, 0) is 30.7 Å². The molecule has 4 aromatic rings. The fourth-order valence-corrected chi connectivity index (χ4v) is 4.05. The smallest absolute Gasteiger partial charge is 0.296 e. The van der Waals surface area contributed by atoms with Crippen LogP contribution in [0.15, 0.2) is 47.3 Å². The van der Waals surface area contributed by atoms with Crippen molar-refractivity contribution in [3.05, 3.63) is 63.5 Å². The summed E-state index contributed by atoms with van der Waals surface area (Å²) in [5, 5.41) is 9.00. The van der Waals surface area contributed by atoms with Gasteiger partial charge in [-0.2, -0.15) is 9.78 Å². The number of nitrogens with zero attached hydrogens (tertiary/aromatic N) is 3. The molecule has 2 heterocycles. The van der Waals surface area contributed by atoms with Gasteiger partial charge in [-0.25, -0.2) is 0 Å². The number of halogens is 1. The molecule has 2 aromatic carbocycles. The van der Waals surface area contributed by atoms with Crippen molar-refractivity contribution in [1.29, 1.82) is 0 Å². The van der Waals surface area contributed by atoms with Crippen LogP contribution in [0.2, 0.25) is 5.02 Å². The average molecular weight is 455 g/mol. The van der Waals surface area contributed by atoms with Crippen LogP contribution in [0.1, 0.15) is 16.9 Å². The molecule has 0 bridgehead atoms. The SMILES string of the molecule is COCCCNC(=O)c1nn(-c2ccc(OC)c(Cl)c2)c(=O)c2c1c1ccccc1n2C. The first kappa shape index (κ1) is 21.9. The van der Waals surface area contributed by atoms with Crippen molar-refractivity contribution < 1.29 is 14.3 Å². The lowest BCUT2D eigenvalue weighted by Gasteiger charge is -2.12. The van der Waals surface area contributed by atoms with E-state index in [1.165, 1.54) is 11.8 Å². The van der Waals surface area contributed by atoms with Crippen LogP contribution < -0.4 is 15.6 Å². The molecule has 166 valence electrons. The van der Waals surface area contributed by atoms with Gasteiger partial charge in [-0.3, -0.25) is 9.59 Å². The summed E-state index contributed by atoms with van der Waals surface area (Å²) < 4.78 is 13.2. The average Bonchev–Trinajstić information content (AvgIpc) is 3.10. The minimum atomic E-state index is -0.365. The number of ether oxygens (including phenoxy) is 2. The van der Waals surface area contributed by atoms with Crippen LogP contribution in [0.4, 0.5) is 0 Å². The quantitative estimate of drug-likeness (QED) is 0.433. The number of carbonyl (C=O) groups is 1. The normalized spacial score (nSPS) is 11.2. The Hall–Kier alpha value is -3.36. The van der Waals surface area contributed by atoms with Gasteiger partial charge >= 0.3 is 0 Å². The second-order valence-corrected chi connectivity index (χ2v) is 7.69. The van der Waals surface area contributed by atoms with E-state index in [0.29, 0.717) is 46.9 Å². The van der Waals surface area contributed by atoms with E-state index in [1.54, 1.807) is 36.9 Å². The number of carbonyl (C=O) groups excluding carboxylic acids is 1. The van der Waals surface area contributed by atoms with Crippen molar-refractivity contribution >= 4 is 39.3 Å². The van der Waals surface area contributed by atoms with Crippen LogP contribution in [0.3, 0.4) is 0 Å². The third kappa shape index (κ3) is 3.72. The maximum Gasteiger partial charge on any atom is 0.296 e. The summed E-state index contributed by atoms with van der Waals surface area (Å²) in [7, 11) is 4.93. The Morgan fingerprint density at radius 2 is 1.97 bits per heavy atom. The predicted molar refractivity (Wildman–Crippen MR) is 124 cm³/mol. The van der Waals surface area contributed by atoms with E-state index >= 15 is 0 Å². The van der Waals surface area contributed by atoms with E-state index in [2.05, 4.69) is 10.4 Å². The summed E-state index contributed by atoms with van der Waals surface area (Å²) in [4.78, 5) is 26.7. The lowest BCUT2D eigenvalue weighted by Crippen LogP contribution is -2.31. The number of hydrogen-bond acceptors (Lipinski definition) is 5. The van der Waals surface area contributed by atoms with Crippen LogP contribution in [0.5, 0.6) is 5.75 Å². The first-order valence-corrected chi connectivity index (χ1v) is 10.5. The monoisotopic (exact) mass is 454 g/mol. The molecule has 0 aliphatic heterocycles. The highest BCUT2D eigenvalue weighted by atomic mass is 35.5. The molecule has 0 fully saturated rings. The summed E-state index contributed by atoms with van der Waals surface area (Å²) in [6, 6.07) is 12.5. The molecule has 0 aliphatic rings. The van der Waals surface area contributed by atoms with Gasteiger partial charge in [0, 0.05) is 43.6 Å². The fourth-order valence-electron chi connectivity index (χ4n) is 3.80. The zero-order valence-corrected chi connectivity index (χ0v) is 18.8. The topological polar surface area (TPSA) is 87.4 Å². The number of rotatable bonds is 7. The van der Waals surface area contributed by atoms with Crippen molar-refractivity contribution in [3.8, 4) is 11.4 Å². The van der Waals surface area contributed by atoms with Crippen molar-refractivity contribution in [3.63, 3.8) is 0 Å². The fraction of sp³-hybridized carbons (Fsp3) is 0.261. The zero-order chi connectivity index (χ0) is 22.8. The Kier molecular flexibility index (Phi) is 6.16. The summed E-state index contributed by atoms with van der Waals surface area (Å²) in [6.07, 6.45) is 0.661. The number of para-hydroxylation sites is 1. The third-order valence-electron chi connectivity index (χ3n) is 5.34. The second kappa shape index (κ2) is 9.02. The van der Waals surface area contributed by atoms with Gasteiger partial charge in [0.15, 0.2) is 5.69 Å². The Labute approximate surface area is 189 Å². The van der Waals surface area contributed by atoms with Gasteiger partial charge < -0.3 is 19.4 Å². The molecule has 32 heavy (non-hydrogen) atoms. The molecule has 2 aromatic heterocycles. The van der Waals surface area contributed by atoms with E-state index in [-0.39, 0.29) is 17.2 Å². The highest BCUT2D eigenvalue weighted by Gasteiger charge is 2.23. The molecular formula is C23H23ClN4O4. The van der Waals surface area contributed by atoms with Crippen LogP contribution in [-0.4, -0.2) is 47.6 Å². The lowest BCUT2D eigenvalue weighted by atomic mass is 10.1. The summed E-state index contributed by atoms with van der Waals surface area (Å²) >= 11 is 6.28. The predicted octanol–water partition coefficient (Wildman–Crippen LogP) is 3.31. The molecule has 0 atom stereocenters. The van der Waals surface area contributed by atoms with E-state index in [4.69, 9.17) is 21.1 Å². The lowest BCUT2D eigenvalue weighted by molar-refractivity contribution is 0.0944. The van der Waals surface area contributed by atoms with Crippen molar-refractivity contribution in [2.24, 2.45) is 7.05 Å². The van der Waals surface area contributed by atoms with Crippen LogP contribution in [0, 0.1) is 0 Å². The Morgan fingerprint density at radius 1 is 1.19 bits per heavy atom. The largest absolute Gasteiger partial charge is 0.495 e. The maximum atomic E-state index is 13.5. The molecule has 0 radical (unpaired) electrons. The summed E-state index contributed by atoms with van der Waals surface area (Å²) in [5.74, 6) is 0.112. The third-order valence-corrected chi connectivity index (χ3v) is 5.64. The Balaban J connectivity index is 1.96. The molecule has 8 nitrogen and oxygen atoms in total. The van der Waals surface area contributed by atoms with Gasteiger partial charge in [-0.15, -0.1) is 0 Å². The zero-order valence-electron chi connectivity index (χ0n) is 18.0. The van der Waals surface area contributed by atoms with E-state index in [1.807, 2.05) is 24.3 Å². The minimum Gasteiger partial charge on any atom is -0.495 e. The first-order chi connectivity index (χ1) is 15.5. The number of fused-ring (bicyclic) bond motifs is 3. The Morgan fingerprint density at radius 3 is 2.69 bits per heavy atom. The van der Waals surface area contributed by atoms with Gasteiger partial charge in [0.1, 0.15) is 11.3 Å². The van der Waals surface area contributed by atoms with Gasteiger partial charge in [-0.1, -0.05) is 29.8 Å². The first-order valence-electron chi connectivity index (χ1n) is 10.1. The van der Waals surface area contributed by atoms with E-state index in [9.17, 15) is 9.59 Å². The molecule has 0 aliphatic carbocycles. The molecule has 9 heteroatoms. The van der Waals surface area contributed by atoms with Crippen molar-refractivity contribution in [1.82, 2.24) is 19.7 Å². The molecule has 1 amide bonds. The molecule has 0 saturated heterocycles. The summed E-state index contributed by atoms with van der Waals surface area (Å²) in [6.45, 7) is 0.954. The second-order valence-electron chi connectivity index (χ2n) is 7.29. The summed E-state index contributed by atoms with van der Waals surface area (Å²) in [5.41, 5.74) is 1.47. The number of benzene rings is 2. The van der Waals surface area contributed by atoms with Crippen molar-refractivity contribution in [2.45, 2.75) is 6.42 Å². The highest BCUT2D eigenvalue weighted by Crippen LogP contribution is 2.30. The number of aryl methyl sites for hydroxylation is 1. The van der Waals surface area contributed by atoms with Gasteiger partial charge in [0.25, 0.3) is 11.5 Å². The number of nitrogens with one attached hydrogen (secondary N) is 1. The Bertz CT molecular complexity index is 1380. The number of methoxy groups -OCH3 is 2. The molecule has 0 saturated carbocycles. The molecule has 1 N–H and O–H groups in total. The van der Waals surface area contributed by atoms with Crippen molar-refractivity contribution in [2.75, 3.05) is 27.4 Å². The number of hydrogen-bond donors (Lipinski definition) is 1. The molecular weight excluding hydrogens is 432 g/mol. The van der Waals surface area contributed by atoms with Gasteiger partial charge in [0.05, 0.1) is 17.8 Å². The van der Waals surface area contributed by atoms with Crippen LogP contribution in [-0.2, 0) is 11.8 Å². The minimum absolute atomic E-state index is 0.167. The highest BCUT2D eigenvalue weighted by molar-refractivity contribution is 6.32. The van der Waals surface area contributed by atoms with Gasteiger partial charge in [0.2, 0.25) is 0 Å².